The molecular weight excluding hydrogens is 220 g/mol. The second-order valence-electron chi connectivity index (χ2n) is 4.13. The number of hydrogen-bond donors (Lipinski definition) is 0. The van der Waals surface area contributed by atoms with Gasteiger partial charge in [-0.15, -0.1) is 0 Å². The molecule has 2 nitrogen and oxygen atoms in total. The van der Waals surface area contributed by atoms with E-state index in [0.717, 1.165) is 17.8 Å². The van der Waals surface area contributed by atoms with Crippen LogP contribution in [0, 0.1) is 0 Å². The fourth-order valence-electron chi connectivity index (χ4n) is 1.85. The highest BCUT2D eigenvalue weighted by Gasteiger charge is 2.03. The molecule has 2 heteroatoms. The third-order valence-corrected chi connectivity index (χ3v) is 2.84. The van der Waals surface area contributed by atoms with Gasteiger partial charge in [-0.25, -0.2) is 0 Å². The molecule has 0 aromatic heterocycles. The van der Waals surface area contributed by atoms with Crippen LogP contribution >= 0.6 is 0 Å². The predicted octanol–water partition coefficient (Wildman–Crippen LogP) is 3.94. The maximum atomic E-state index is 4.69. The number of rotatable bonds is 4. The number of hydrogen-bond acceptors (Lipinski definition) is 2. The number of hydrazone groups is 1. The van der Waals surface area contributed by atoms with Gasteiger partial charge in [0.25, 0.3) is 0 Å². The zero-order valence-electron chi connectivity index (χ0n) is 10.9. The van der Waals surface area contributed by atoms with Crippen molar-refractivity contribution in [2.45, 2.75) is 13.3 Å². The largest absolute Gasteiger partial charge is 0.268 e. The van der Waals surface area contributed by atoms with Crippen LogP contribution in [0.3, 0.4) is 0 Å². The Hall–Kier alpha value is -2.09. The summed E-state index contributed by atoms with van der Waals surface area (Å²) in [6, 6.07) is 20.5. The van der Waals surface area contributed by atoms with Crippen molar-refractivity contribution >= 4 is 11.4 Å². The van der Waals surface area contributed by atoms with Gasteiger partial charge in [0.15, 0.2) is 0 Å². The molecule has 0 saturated heterocycles. The molecule has 2 aromatic rings. The highest BCUT2D eigenvalue weighted by Crippen LogP contribution is 2.13. The van der Waals surface area contributed by atoms with E-state index in [-0.39, 0.29) is 0 Å². The molecular formula is C16H18N2. The van der Waals surface area contributed by atoms with Crippen LogP contribution in [0.15, 0.2) is 65.8 Å². The van der Waals surface area contributed by atoms with Crippen LogP contribution in [0.1, 0.15) is 18.9 Å². The van der Waals surface area contributed by atoms with Crippen LogP contribution in [0.4, 0.5) is 5.69 Å². The Morgan fingerprint density at radius 1 is 0.944 bits per heavy atom. The molecule has 0 bridgehead atoms. The Bertz CT molecular complexity index is 503. The average Bonchev–Trinajstić information content (AvgIpc) is 2.46. The molecule has 0 radical (unpaired) electrons. The standard InChI is InChI=1S/C16H18N2/c1-3-16(14-10-6-4-7-11-14)17-18(2)15-12-8-5-9-13-15/h4-13H,3H2,1-2H3/b17-16-. The molecule has 92 valence electrons. The summed E-state index contributed by atoms with van der Waals surface area (Å²) < 4.78 is 0. The molecule has 18 heavy (non-hydrogen) atoms. The normalized spacial score (nSPS) is 11.3. The summed E-state index contributed by atoms with van der Waals surface area (Å²) in [5.41, 5.74) is 3.38. The summed E-state index contributed by atoms with van der Waals surface area (Å²) in [4.78, 5) is 0. The lowest BCUT2D eigenvalue weighted by Crippen LogP contribution is -2.13. The maximum Gasteiger partial charge on any atom is 0.0678 e. The second-order valence-corrected chi connectivity index (χ2v) is 4.13. The van der Waals surface area contributed by atoms with Gasteiger partial charge in [0.1, 0.15) is 0 Å². The van der Waals surface area contributed by atoms with E-state index in [9.17, 15) is 0 Å². The summed E-state index contributed by atoms with van der Waals surface area (Å²) in [5.74, 6) is 0. The van der Waals surface area contributed by atoms with Crippen LogP contribution < -0.4 is 5.01 Å². The molecule has 0 spiro atoms. The minimum Gasteiger partial charge on any atom is -0.268 e. The molecule has 0 unspecified atom stereocenters. The summed E-state index contributed by atoms with van der Waals surface area (Å²) >= 11 is 0. The first-order valence-corrected chi connectivity index (χ1v) is 6.23. The van der Waals surface area contributed by atoms with Gasteiger partial charge in [0, 0.05) is 7.05 Å². The SMILES string of the molecule is CC/C(=N/N(C)c1ccccc1)c1ccccc1. The zero-order valence-corrected chi connectivity index (χ0v) is 10.9. The fourth-order valence-corrected chi connectivity index (χ4v) is 1.85. The van der Waals surface area contributed by atoms with Crippen molar-refractivity contribution in [1.29, 1.82) is 0 Å². The Labute approximate surface area is 109 Å². The third kappa shape index (κ3) is 2.98. The van der Waals surface area contributed by atoms with Crippen molar-refractivity contribution in [3.8, 4) is 0 Å². The smallest absolute Gasteiger partial charge is 0.0678 e. The van der Waals surface area contributed by atoms with Crippen molar-refractivity contribution in [1.82, 2.24) is 0 Å². The van der Waals surface area contributed by atoms with Gasteiger partial charge in [0.05, 0.1) is 11.4 Å². The molecule has 0 aliphatic carbocycles. The van der Waals surface area contributed by atoms with Gasteiger partial charge < -0.3 is 0 Å². The van der Waals surface area contributed by atoms with E-state index in [2.05, 4.69) is 36.3 Å². The van der Waals surface area contributed by atoms with Crippen molar-refractivity contribution in [3.05, 3.63) is 66.2 Å². The van der Waals surface area contributed by atoms with Crippen LogP contribution in [-0.4, -0.2) is 12.8 Å². The van der Waals surface area contributed by atoms with E-state index in [0.29, 0.717) is 0 Å². The van der Waals surface area contributed by atoms with Gasteiger partial charge in [0.2, 0.25) is 0 Å². The summed E-state index contributed by atoms with van der Waals surface area (Å²) in [6.45, 7) is 2.13. The van der Waals surface area contributed by atoms with Crippen molar-refractivity contribution in [3.63, 3.8) is 0 Å². The average molecular weight is 238 g/mol. The molecule has 0 aliphatic heterocycles. The van der Waals surface area contributed by atoms with Crippen LogP contribution in [0.25, 0.3) is 0 Å². The summed E-state index contributed by atoms with van der Waals surface area (Å²) in [6.07, 6.45) is 0.918. The minimum atomic E-state index is 0.918. The Morgan fingerprint density at radius 3 is 2.06 bits per heavy atom. The van der Waals surface area contributed by atoms with Gasteiger partial charge in [-0.2, -0.15) is 5.10 Å². The molecule has 0 atom stereocenters. The lowest BCUT2D eigenvalue weighted by molar-refractivity contribution is 1.00. The number of benzene rings is 2. The zero-order chi connectivity index (χ0) is 12.8. The van der Waals surface area contributed by atoms with Crippen molar-refractivity contribution in [2.75, 3.05) is 12.1 Å². The Kier molecular flexibility index (Phi) is 4.13. The van der Waals surface area contributed by atoms with E-state index in [1.807, 2.05) is 48.5 Å². The van der Waals surface area contributed by atoms with Crippen LogP contribution in [-0.2, 0) is 0 Å². The van der Waals surface area contributed by atoms with E-state index < -0.39 is 0 Å². The van der Waals surface area contributed by atoms with Crippen molar-refractivity contribution < 1.29 is 0 Å². The number of nitrogens with zero attached hydrogens (tertiary/aromatic N) is 2. The van der Waals surface area contributed by atoms with Gasteiger partial charge in [-0.05, 0) is 24.1 Å². The first-order chi connectivity index (χ1) is 8.81. The van der Waals surface area contributed by atoms with E-state index in [1.165, 1.54) is 5.56 Å². The molecule has 0 aliphatic rings. The number of para-hydroxylation sites is 1. The second kappa shape index (κ2) is 6.01. The lowest BCUT2D eigenvalue weighted by atomic mass is 10.1. The Balaban J connectivity index is 2.25. The lowest BCUT2D eigenvalue weighted by Gasteiger charge is -2.15. The first kappa shape index (κ1) is 12.4. The monoisotopic (exact) mass is 238 g/mol. The molecule has 0 heterocycles. The Morgan fingerprint density at radius 2 is 1.50 bits per heavy atom. The topological polar surface area (TPSA) is 15.6 Å². The first-order valence-electron chi connectivity index (χ1n) is 6.23. The molecule has 0 N–H and O–H groups in total. The number of anilines is 1. The molecule has 0 fully saturated rings. The van der Waals surface area contributed by atoms with E-state index >= 15 is 0 Å². The summed E-state index contributed by atoms with van der Waals surface area (Å²) in [5, 5.41) is 6.61. The molecule has 0 amide bonds. The van der Waals surface area contributed by atoms with E-state index in [4.69, 9.17) is 0 Å². The fraction of sp³-hybridized carbons (Fsp3) is 0.188. The van der Waals surface area contributed by atoms with Gasteiger partial charge in [-0.3, -0.25) is 5.01 Å². The highest BCUT2D eigenvalue weighted by molar-refractivity contribution is 6.00. The third-order valence-electron chi connectivity index (χ3n) is 2.84. The quantitative estimate of drug-likeness (QED) is 0.582. The van der Waals surface area contributed by atoms with E-state index in [1.54, 1.807) is 0 Å². The molecule has 0 saturated carbocycles. The molecule has 2 rings (SSSR count). The summed E-state index contributed by atoms with van der Waals surface area (Å²) in [7, 11) is 1.98. The minimum absolute atomic E-state index is 0.918. The van der Waals surface area contributed by atoms with Gasteiger partial charge in [-0.1, -0.05) is 55.5 Å². The predicted molar refractivity (Wildman–Crippen MR) is 78.1 cm³/mol. The molecule has 2 aromatic carbocycles. The van der Waals surface area contributed by atoms with Crippen LogP contribution in [0.5, 0.6) is 0 Å². The highest BCUT2D eigenvalue weighted by atomic mass is 15.4. The van der Waals surface area contributed by atoms with Crippen LogP contribution in [0.2, 0.25) is 0 Å². The van der Waals surface area contributed by atoms with Gasteiger partial charge >= 0.3 is 0 Å². The van der Waals surface area contributed by atoms with Crippen molar-refractivity contribution in [2.24, 2.45) is 5.10 Å². The maximum absolute atomic E-state index is 4.69.